The van der Waals surface area contributed by atoms with Crippen LogP contribution in [0.4, 0.5) is 4.79 Å². The minimum atomic E-state index is -0.999. The number of carboxylic acid groups (broad SMARTS) is 1. The van der Waals surface area contributed by atoms with Gasteiger partial charge in [-0.15, -0.1) is 0 Å². The van der Waals surface area contributed by atoms with E-state index in [1.165, 1.54) is 22.3 Å². The van der Waals surface area contributed by atoms with Crippen LogP contribution in [-0.4, -0.2) is 95.6 Å². The van der Waals surface area contributed by atoms with E-state index in [1.54, 1.807) is 0 Å². The zero-order valence-electron chi connectivity index (χ0n) is 22.6. The molecule has 0 radical (unpaired) electrons. The van der Waals surface area contributed by atoms with Gasteiger partial charge in [0.1, 0.15) is 6.61 Å². The van der Waals surface area contributed by atoms with Crippen molar-refractivity contribution in [1.29, 1.82) is 0 Å². The van der Waals surface area contributed by atoms with Gasteiger partial charge in [0.15, 0.2) is 0 Å². The van der Waals surface area contributed by atoms with Crippen LogP contribution in [0, 0.1) is 0 Å². The van der Waals surface area contributed by atoms with Crippen molar-refractivity contribution in [3.8, 4) is 11.1 Å². The first kappa shape index (κ1) is 31.0. The average molecular weight is 559 g/mol. The molecule has 40 heavy (non-hydrogen) atoms. The molecule has 3 N–H and O–H groups in total. The number of carboxylic acids is 1. The second-order valence-corrected chi connectivity index (χ2v) is 8.95. The normalized spacial score (nSPS) is 12.0. The number of hydrogen-bond acceptors (Lipinski definition) is 8. The van der Waals surface area contributed by atoms with Crippen molar-refractivity contribution in [1.82, 2.24) is 10.6 Å². The van der Waals surface area contributed by atoms with Gasteiger partial charge in [0, 0.05) is 25.4 Å². The monoisotopic (exact) mass is 558 g/mol. The van der Waals surface area contributed by atoms with Crippen molar-refractivity contribution in [2.75, 3.05) is 72.6 Å². The van der Waals surface area contributed by atoms with Gasteiger partial charge < -0.3 is 39.4 Å². The van der Waals surface area contributed by atoms with Crippen LogP contribution >= 0.6 is 0 Å². The number of rotatable bonds is 20. The molecular weight excluding hydrogens is 520 g/mol. The first-order chi connectivity index (χ1) is 19.6. The summed E-state index contributed by atoms with van der Waals surface area (Å²) in [6, 6.07) is 16.4. The van der Waals surface area contributed by atoms with Crippen LogP contribution in [0.25, 0.3) is 11.1 Å². The van der Waals surface area contributed by atoms with Gasteiger partial charge in [-0.25, -0.2) is 4.79 Å². The maximum Gasteiger partial charge on any atom is 0.407 e. The summed E-state index contributed by atoms with van der Waals surface area (Å²) in [6.07, 6.45) is -0.694. The fourth-order valence-electron chi connectivity index (χ4n) is 4.21. The molecule has 0 fully saturated rings. The highest BCUT2D eigenvalue weighted by molar-refractivity contribution is 5.80. The van der Waals surface area contributed by atoms with Gasteiger partial charge in [-0.3, -0.25) is 9.59 Å². The molecule has 1 aliphatic rings. The van der Waals surface area contributed by atoms with E-state index in [-0.39, 0.29) is 31.3 Å². The Kier molecular flexibility index (Phi) is 13.9. The molecule has 11 nitrogen and oxygen atoms in total. The molecule has 0 bridgehead atoms. The van der Waals surface area contributed by atoms with Gasteiger partial charge in [-0.05, 0) is 22.3 Å². The minimum Gasteiger partial charge on any atom is -0.481 e. The van der Waals surface area contributed by atoms with Gasteiger partial charge in [-0.1, -0.05) is 48.5 Å². The fourth-order valence-corrected chi connectivity index (χ4v) is 4.21. The smallest absolute Gasteiger partial charge is 0.407 e. The number of hydrogen-bond donors (Lipinski definition) is 3. The molecule has 0 atom stereocenters. The van der Waals surface area contributed by atoms with Crippen LogP contribution in [0.15, 0.2) is 48.5 Å². The van der Waals surface area contributed by atoms with Crippen molar-refractivity contribution >= 4 is 18.0 Å². The standard InChI is InChI=1S/C29H38N2O9/c32-27(9-10-28(33)34)30-11-13-36-15-17-38-19-20-39-18-16-37-14-12-31-29(35)40-21-26-24-7-3-1-5-22(24)23-6-2-4-8-25(23)26/h1-8,26H,9-21H2,(H,30,32)(H,31,35)(H,33,34). The largest absolute Gasteiger partial charge is 0.481 e. The minimum absolute atomic E-state index is 0.0281. The first-order valence-corrected chi connectivity index (χ1v) is 13.4. The Hall–Kier alpha value is -3.51. The number of benzene rings is 2. The molecule has 0 heterocycles. The number of alkyl carbamates (subject to hydrolysis) is 1. The van der Waals surface area contributed by atoms with E-state index in [2.05, 4.69) is 34.9 Å². The summed E-state index contributed by atoms with van der Waals surface area (Å²) in [5.41, 5.74) is 4.73. The van der Waals surface area contributed by atoms with Crippen molar-refractivity contribution in [3.05, 3.63) is 59.7 Å². The average Bonchev–Trinajstić information content (AvgIpc) is 3.28. The number of carbonyl (C=O) groups is 3. The topological polar surface area (TPSA) is 142 Å². The van der Waals surface area contributed by atoms with Crippen LogP contribution in [-0.2, 0) is 33.3 Å². The SMILES string of the molecule is O=C(O)CCC(=O)NCCOCCOCCOCCOCCNC(=O)OCC1c2ccccc2-c2ccccc21. The van der Waals surface area contributed by atoms with Gasteiger partial charge >= 0.3 is 12.1 Å². The van der Waals surface area contributed by atoms with E-state index in [0.29, 0.717) is 65.9 Å². The molecular formula is C29H38N2O9. The molecule has 2 amide bonds. The van der Waals surface area contributed by atoms with Gasteiger partial charge in [0.05, 0.1) is 59.3 Å². The summed E-state index contributed by atoms with van der Waals surface area (Å²) < 4.78 is 27.1. The lowest BCUT2D eigenvalue weighted by Crippen LogP contribution is -2.29. The molecule has 0 aromatic heterocycles. The number of nitrogens with one attached hydrogen (secondary N) is 2. The summed E-state index contributed by atoms with van der Waals surface area (Å²) >= 11 is 0. The Labute approximate surface area is 234 Å². The van der Waals surface area contributed by atoms with Crippen molar-refractivity contribution in [2.24, 2.45) is 0 Å². The van der Waals surface area contributed by atoms with E-state index >= 15 is 0 Å². The van der Waals surface area contributed by atoms with Crippen molar-refractivity contribution in [3.63, 3.8) is 0 Å². The molecule has 0 saturated heterocycles. The Balaban J connectivity index is 1.10. The van der Waals surface area contributed by atoms with E-state index in [9.17, 15) is 14.4 Å². The second-order valence-electron chi connectivity index (χ2n) is 8.95. The van der Waals surface area contributed by atoms with Crippen molar-refractivity contribution < 1.29 is 43.2 Å². The number of ether oxygens (including phenoxy) is 5. The van der Waals surface area contributed by atoms with Crippen LogP contribution in [0.3, 0.4) is 0 Å². The number of carbonyl (C=O) groups excluding carboxylic acids is 2. The molecule has 0 spiro atoms. The third-order valence-electron chi connectivity index (χ3n) is 6.11. The summed E-state index contributed by atoms with van der Waals surface area (Å²) in [4.78, 5) is 33.9. The number of fused-ring (bicyclic) bond motifs is 3. The lowest BCUT2D eigenvalue weighted by molar-refractivity contribution is -0.138. The van der Waals surface area contributed by atoms with Gasteiger partial charge in [0.2, 0.25) is 5.91 Å². The quantitative estimate of drug-likeness (QED) is 0.209. The third-order valence-corrected chi connectivity index (χ3v) is 6.11. The highest BCUT2D eigenvalue weighted by Crippen LogP contribution is 2.44. The second kappa shape index (κ2) is 18.0. The lowest BCUT2D eigenvalue weighted by atomic mass is 9.98. The highest BCUT2D eigenvalue weighted by atomic mass is 16.6. The Morgan fingerprint density at radius 1 is 0.650 bits per heavy atom. The molecule has 3 rings (SSSR count). The molecule has 0 saturated carbocycles. The van der Waals surface area contributed by atoms with Crippen LogP contribution in [0.5, 0.6) is 0 Å². The third kappa shape index (κ3) is 10.9. The first-order valence-electron chi connectivity index (χ1n) is 13.4. The summed E-state index contributed by atoms with van der Waals surface area (Å²) in [5, 5.41) is 13.8. The molecule has 218 valence electrons. The Morgan fingerprint density at radius 3 is 1.65 bits per heavy atom. The van der Waals surface area contributed by atoms with Crippen molar-refractivity contribution in [2.45, 2.75) is 18.8 Å². The maximum atomic E-state index is 12.2. The number of aliphatic carboxylic acids is 1. The molecule has 0 unspecified atom stereocenters. The summed E-state index contributed by atoms with van der Waals surface area (Å²) in [5.74, 6) is -1.28. The van der Waals surface area contributed by atoms with Crippen LogP contribution in [0.1, 0.15) is 29.9 Å². The Bertz CT molecular complexity index is 1030. The number of amides is 2. The zero-order chi connectivity index (χ0) is 28.4. The van der Waals surface area contributed by atoms with Crippen LogP contribution < -0.4 is 10.6 Å². The predicted molar refractivity (Wildman–Crippen MR) is 146 cm³/mol. The molecule has 2 aromatic carbocycles. The summed E-state index contributed by atoms with van der Waals surface area (Å²) in [7, 11) is 0. The molecule has 1 aliphatic carbocycles. The van der Waals surface area contributed by atoms with Gasteiger partial charge in [-0.2, -0.15) is 0 Å². The molecule has 2 aromatic rings. The molecule has 0 aliphatic heterocycles. The van der Waals surface area contributed by atoms with Gasteiger partial charge in [0.25, 0.3) is 0 Å². The van der Waals surface area contributed by atoms with E-state index in [1.807, 2.05) is 24.3 Å². The van der Waals surface area contributed by atoms with Crippen LogP contribution in [0.2, 0.25) is 0 Å². The lowest BCUT2D eigenvalue weighted by Gasteiger charge is -2.14. The molecule has 11 heteroatoms. The Morgan fingerprint density at radius 2 is 1.12 bits per heavy atom. The highest BCUT2D eigenvalue weighted by Gasteiger charge is 2.28. The maximum absolute atomic E-state index is 12.2. The van der Waals surface area contributed by atoms with E-state index in [0.717, 1.165) is 0 Å². The summed E-state index contributed by atoms with van der Waals surface area (Å²) in [6.45, 7) is 4.03. The van der Waals surface area contributed by atoms with E-state index in [4.69, 9.17) is 28.8 Å². The fraction of sp³-hybridized carbons (Fsp3) is 0.483. The zero-order valence-corrected chi connectivity index (χ0v) is 22.6. The predicted octanol–water partition coefficient (Wildman–Crippen LogP) is 2.57. The van der Waals surface area contributed by atoms with E-state index < -0.39 is 12.1 Å².